The van der Waals surface area contributed by atoms with Crippen molar-refractivity contribution in [3.8, 4) is 28.6 Å². The average Bonchev–Trinajstić information content (AvgIpc) is 3.01. The van der Waals surface area contributed by atoms with Crippen molar-refractivity contribution >= 4 is 27.8 Å². The van der Waals surface area contributed by atoms with Crippen molar-refractivity contribution in [2.24, 2.45) is 0 Å². The lowest BCUT2D eigenvalue weighted by molar-refractivity contribution is -0.133. The molecule has 0 spiro atoms. The number of fused-ring (bicyclic) bond motifs is 2. The van der Waals surface area contributed by atoms with E-state index in [-0.39, 0.29) is 45.6 Å². The summed E-state index contributed by atoms with van der Waals surface area (Å²) in [7, 11) is 3.46. The van der Waals surface area contributed by atoms with Gasteiger partial charge in [0.1, 0.15) is 39.6 Å². The molecule has 220 valence electrons. The van der Waals surface area contributed by atoms with Crippen LogP contribution in [0.2, 0.25) is 0 Å². The van der Waals surface area contributed by atoms with E-state index in [0.717, 1.165) is 6.07 Å². The van der Waals surface area contributed by atoms with Crippen molar-refractivity contribution in [1.82, 2.24) is 9.80 Å². The third kappa shape index (κ3) is 5.21. The molecule has 3 aromatic carbocycles. The molecule has 3 heterocycles. The third-order valence-electron chi connectivity index (χ3n) is 8.02. The Morgan fingerprint density at radius 1 is 0.977 bits per heavy atom. The van der Waals surface area contributed by atoms with Crippen LogP contribution in [0.3, 0.4) is 0 Å². The zero-order valence-corrected chi connectivity index (χ0v) is 23.7. The van der Waals surface area contributed by atoms with Crippen LogP contribution in [0.4, 0.5) is 0 Å². The van der Waals surface area contributed by atoms with E-state index < -0.39 is 28.3 Å². The van der Waals surface area contributed by atoms with Crippen molar-refractivity contribution < 1.29 is 28.6 Å². The smallest absolute Gasteiger partial charge is 0.223 e. The highest BCUT2D eigenvalue weighted by Gasteiger charge is 2.32. The summed E-state index contributed by atoms with van der Waals surface area (Å²) < 4.78 is 17.4. The Morgan fingerprint density at radius 3 is 2.44 bits per heavy atom. The molecule has 1 atom stereocenters. The fourth-order valence-electron chi connectivity index (χ4n) is 5.62. The lowest BCUT2D eigenvalue weighted by Gasteiger charge is -2.33. The second-order valence-corrected chi connectivity index (χ2v) is 10.7. The van der Waals surface area contributed by atoms with Crippen molar-refractivity contribution in [1.29, 1.82) is 0 Å². The molecule has 43 heavy (non-hydrogen) atoms. The third-order valence-corrected chi connectivity index (χ3v) is 8.02. The van der Waals surface area contributed by atoms with Gasteiger partial charge >= 0.3 is 0 Å². The molecule has 0 bridgehead atoms. The lowest BCUT2D eigenvalue weighted by Crippen LogP contribution is -2.47. The fraction of sp³-hybridized carbons (Fsp3) is 0.242. The Bertz CT molecular complexity index is 1960. The standard InChI is InChI=1S/C33H30N2O8/c1-34-10-12-35(13-11-34)29(39)15-21(23-18-42-27-9-8-20(41-2)14-22(27)32(23)40)30-24(36)16-25(37)31-26(38)17-28(43-33(30)31)19-6-4-3-5-7-19/h3-9,14,16-18,21,36-37H,10-13,15H2,1-2H3/t21-/m1/s1. The minimum absolute atomic E-state index is 0.0275. The van der Waals surface area contributed by atoms with Gasteiger partial charge in [0.2, 0.25) is 5.91 Å². The summed E-state index contributed by atoms with van der Waals surface area (Å²) in [6.07, 6.45) is 1.05. The SMILES string of the molecule is COc1ccc2occ([C@@H](CC(=O)N3CCN(C)CC3)c3c(O)cc(O)c4c(=O)cc(-c5ccccc5)oc34)c(=O)c2c1. The number of carbonyl (C=O) groups excluding carboxylic acids is 1. The summed E-state index contributed by atoms with van der Waals surface area (Å²) in [5.41, 5.74) is -0.0750. The number of likely N-dealkylation sites (N-methyl/N-ethyl adjacent to an activating group) is 1. The largest absolute Gasteiger partial charge is 0.507 e. The van der Waals surface area contributed by atoms with Gasteiger partial charge in [0.05, 0.1) is 18.8 Å². The van der Waals surface area contributed by atoms with Crippen LogP contribution in [0.1, 0.15) is 23.5 Å². The van der Waals surface area contributed by atoms with E-state index in [1.807, 2.05) is 13.1 Å². The zero-order chi connectivity index (χ0) is 30.2. The topological polar surface area (TPSA) is 134 Å². The quantitative estimate of drug-likeness (QED) is 0.301. The first kappa shape index (κ1) is 28.0. The van der Waals surface area contributed by atoms with Gasteiger partial charge in [0.25, 0.3) is 0 Å². The molecule has 2 N–H and O–H groups in total. The monoisotopic (exact) mass is 582 g/mol. The second-order valence-electron chi connectivity index (χ2n) is 10.7. The van der Waals surface area contributed by atoms with Gasteiger partial charge < -0.3 is 33.6 Å². The second kappa shape index (κ2) is 11.3. The molecule has 10 nitrogen and oxygen atoms in total. The number of aromatic hydroxyl groups is 2. The molecule has 1 amide bonds. The molecule has 1 aliphatic rings. The van der Waals surface area contributed by atoms with Crippen LogP contribution < -0.4 is 15.6 Å². The number of amides is 1. The predicted octanol–water partition coefficient (Wildman–Crippen LogP) is 4.28. The number of phenolic OH excluding ortho intramolecular Hbond substituents is 2. The van der Waals surface area contributed by atoms with Gasteiger partial charge in [-0.3, -0.25) is 14.4 Å². The van der Waals surface area contributed by atoms with Crippen molar-refractivity contribution in [3.63, 3.8) is 0 Å². The van der Waals surface area contributed by atoms with E-state index in [1.165, 1.54) is 19.4 Å². The summed E-state index contributed by atoms with van der Waals surface area (Å²) in [6, 6.07) is 16.0. The number of rotatable bonds is 6. The van der Waals surface area contributed by atoms with Crippen LogP contribution in [0.15, 0.2) is 85.4 Å². The Morgan fingerprint density at radius 2 is 1.72 bits per heavy atom. The van der Waals surface area contributed by atoms with Gasteiger partial charge in [-0.25, -0.2) is 0 Å². The molecule has 2 aromatic heterocycles. The first-order valence-corrected chi connectivity index (χ1v) is 13.9. The van der Waals surface area contributed by atoms with Crippen LogP contribution in [-0.4, -0.2) is 66.3 Å². The minimum atomic E-state index is -1.09. The molecule has 5 aromatic rings. The number of piperazine rings is 1. The van der Waals surface area contributed by atoms with Crippen LogP contribution in [0.25, 0.3) is 33.3 Å². The molecule has 1 aliphatic heterocycles. The highest BCUT2D eigenvalue weighted by Crippen LogP contribution is 2.43. The molecule has 1 saturated heterocycles. The average molecular weight is 583 g/mol. The Balaban J connectivity index is 1.60. The maximum absolute atomic E-state index is 14.0. The summed E-state index contributed by atoms with van der Waals surface area (Å²) in [6.45, 7) is 2.39. The minimum Gasteiger partial charge on any atom is -0.507 e. The molecule has 10 heteroatoms. The first-order valence-electron chi connectivity index (χ1n) is 13.9. The van der Waals surface area contributed by atoms with E-state index in [0.29, 0.717) is 43.1 Å². The molecular weight excluding hydrogens is 552 g/mol. The summed E-state index contributed by atoms with van der Waals surface area (Å²) in [4.78, 5) is 44.9. The van der Waals surface area contributed by atoms with Gasteiger partial charge in [0, 0.05) is 67.3 Å². The molecule has 6 rings (SSSR count). The number of hydrogen-bond acceptors (Lipinski definition) is 9. The van der Waals surface area contributed by atoms with E-state index >= 15 is 0 Å². The normalized spacial score (nSPS) is 14.7. The lowest BCUT2D eigenvalue weighted by atomic mass is 9.86. The number of nitrogens with zero attached hydrogens (tertiary/aromatic N) is 2. The van der Waals surface area contributed by atoms with Crippen LogP contribution in [0, 0.1) is 0 Å². The van der Waals surface area contributed by atoms with Crippen LogP contribution in [-0.2, 0) is 4.79 Å². The number of ether oxygens (including phenoxy) is 1. The molecule has 0 aliphatic carbocycles. The van der Waals surface area contributed by atoms with Gasteiger partial charge in [-0.1, -0.05) is 30.3 Å². The molecule has 0 radical (unpaired) electrons. The number of phenols is 2. The fourth-order valence-corrected chi connectivity index (χ4v) is 5.62. The first-order chi connectivity index (χ1) is 20.7. The van der Waals surface area contributed by atoms with Crippen molar-refractivity contribution in [3.05, 3.63) is 98.5 Å². The summed E-state index contributed by atoms with van der Waals surface area (Å²) in [5, 5.41) is 22.1. The van der Waals surface area contributed by atoms with Gasteiger partial charge in [0.15, 0.2) is 10.9 Å². The van der Waals surface area contributed by atoms with Crippen LogP contribution >= 0.6 is 0 Å². The maximum atomic E-state index is 14.0. The zero-order valence-electron chi connectivity index (χ0n) is 23.7. The van der Waals surface area contributed by atoms with E-state index in [2.05, 4.69) is 4.90 Å². The van der Waals surface area contributed by atoms with E-state index in [1.54, 1.807) is 47.4 Å². The summed E-state index contributed by atoms with van der Waals surface area (Å²) >= 11 is 0. The number of methoxy groups -OCH3 is 1. The number of benzene rings is 3. The van der Waals surface area contributed by atoms with Gasteiger partial charge in [-0.15, -0.1) is 0 Å². The highest BCUT2D eigenvalue weighted by molar-refractivity contribution is 5.91. The Kier molecular flexibility index (Phi) is 7.37. The van der Waals surface area contributed by atoms with Crippen molar-refractivity contribution in [2.75, 3.05) is 40.3 Å². The molecule has 0 unspecified atom stereocenters. The summed E-state index contributed by atoms with van der Waals surface area (Å²) in [5.74, 6) is -1.60. The van der Waals surface area contributed by atoms with Gasteiger partial charge in [-0.05, 0) is 25.2 Å². The Hall–Kier alpha value is -5.09. The van der Waals surface area contributed by atoms with Gasteiger partial charge in [-0.2, -0.15) is 0 Å². The highest BCUT2D eigenvalue weighted by atomic mass is 16.5. The van der Waals surface area contributed by atoms with E-state index in [9.17, 15) is 24.6 Å². The maximum Gasteiger partial charge on any atom is 0.223 e. The molecule has 0 saturated carbocycles. The number of hydrogen-bond donors (Lipinski definition) is 2. The van der Waals surface area contributed by atoms with Crippen molar-refractivity contribution in [2.45, 2.75) is 12.3 Å². The van der Waals surface area contributed by atoms with E-state index in [4.69, 9.17) is 13.6 Å². The molecular formula is C33H30N2O8. The number of carbonyl (C=O) groups is 1. The van der Waals surface area contributed by atoms with Crippen LogP contribution in [0.5, 0.6) is 17.2 Å². The molecule has 1 fully saturated rings. The Labute approximate surface area is 246 Å². The predicted molar refractivity (Wildman–Crippen MR) is 161 cm³/mol.